The standard InChI is InChI=1S/C32H31N5O7/c1-4-42-31(39)29-20(2)35-32(40)36-30(29)21-13-14-26(27(15-21)41-3)44-19-28(38)37-34-17-23-10-7-8-12-25(23)43-18-24-11-6-5-9-22(24)16-33/h5-15,17,30H,4,18-19H2,1-3H3,(H,37,38)(H2,35,36,40)/b34-17+/t30-/m0/s1. The molecule has 0 spiro atoms. The lowest BCUT2D eigenvalue weighted by Crippen LogP contribution is -2.45. The van der Waals surface area contributed by atoms with Crippen LogP contribution in [0.5, 0.6) is 17.2 Å². The molecule has 1 heterocycles. The summed E-state index contributed by atoms with van der Waals surface area (Å²) in [7, 11) is 1.43. The second-order valence-corrected chi connectivity index (χ2v) is 9.38. The van der Waals surface area contributed by atoms with Crippen LogP contribution in [0, 0.1) is 11.3 Å². The molecule has 0 radical (unpaired) electrons. The van der Waals surface area contributed by atoms with Crippen LogP contribution in [0.15, 0.2) is 83.1 Å². The van der Waals surface area contributed by atoms with E-state index in [0.29, 0.717) is 28.1 Å². The van der Waals surface area contributed by atoms with Gasteiger partial charge in [-0.1, -0.05) is 36.4 Å². The maximum Gasteiger partial charge on any atom is 0.338 e. The minimum Gasteiger partial charge on any atom is -0.493 e. The van der Waals surface area contributed by atoms with Crippen molar-refractivity contribution in [2.75, 3.05) is 20.3 Å². The van der Waals surface area contributed by atoms with Crippen LogP contribution in [0.4, 0.5) is 4.79 Å². The number of hydrazone groups is 1. The van der Waals surface area contributed by atoms with Crippen LogP contribution in [0.25, 0.3) is 0 Å². The van der Waals surface area contributed by atoms with Crippen LogP contribution < -0.4 is 30.3 Å². The van der Waals surface area contributed by atoms with E-state index in [9.17, 15) is 19.6 Å². The Labute approximate surface area is 254 Å². The quantitative estimate of drug-likeness (QED) is 0.161. The van der Waals surface area contributed by atoms with Crippen LogP contribution in [0.1, 0.15) is 42.1 Å². The number of benzene rings is 3. The predicted octanol–water partition coefficient (Wildman–Crippen LogP) is 3.87. The van der Waals surface area contributed by atoms with Crippen LogP contribution in [-0.4, -0.2) is 44.4 Å². The van der Waals surface area contributed by atoms with Gasteiger partial charge in [-0.3, -0.25) is 4.79 Å². The third-order valence-corrected chi connectivity index (χ3v) is 6.48. The number of para-hydroxylation sites is 1. The van der Waals surface area contributed by atoms with Crippen molar-refractivity contribution in [2.45, 2.75) is 26.5 Å². The first kappa shape index (κ1) is 31.1. The summed E-state index contributed by atoms with van der Waals surface area (Å²) in [6.07, 6.45) is 1.45. The first-order chi connectivity index (χ1) is 21.3. The lowest BCUT2D eigenvalue weighted by Gasteiger charge is -2.28. The molecule has 12 heteroatoms. The lowest BCUT2D eigenvalue weighted by atomic mass is 9.95. The van der Waals surface area contributed by atoms with E-state index in [2.05, 4.69) is 27.2 Å². The molecule has 3 amide bonds. The van der Waals surface area contributed by atoms with E-state index in [-0.39, 0.29) is 36.9 Å². The fraction of sp³-hybridized carbons (Fsp3) is 0.219. The molecular formula is C32H31N5O7. The predicted molar refractivity (Wildman–Crippen MR) is 160 cm³/mol. The molecule has 4 rings (SSSR count). The third kappa shape index (κ3) is 7.71. The number of rotatable bonds is 12. The Hall–Kier alpha value is -5.83. The summed E-state index contributed by atoms with van der Waals surface area (Å²) in [6, 6.07) is 20.1. The molecule has 0 bridgehead atoms. The summed E-state index contributed by atoms with van der Waals surface area (Å²) in [5, 5.41) is 18.6. The van der Waals surface area contributed by atoms with E-state index >= 15 is 0 Å². The summed E-state index contributed by atoms with van der Waals surface area (Å²) in [5.41, 5.74) is 5.52. The Morgan fingerprint density at radius 1 is 1.05 bits per heavy atom. The van der Waals surface area contributed by atoms with Crippen molar-refractivity contribution in [3.05, 3.63) is 100 Å². The number of methoxy groups -OCH3 is 1. The zero-order valence-corrected chi connectivity index (χ0v) is 24.4. The first-order valence-corrected chi connectivity index (χ1v) is 13.6. The van der Waals surface area contributed by atoms with Crippen molar-refractivity contribution >= 4 is 24.1 Å². The molecule has 0 aromatic heterocycles. The average molecular weight is 598 g/mol. The van der Waals surface area contributed by atoms with E-state index in [1.165, 1.54) is 13.3 Å². The van der Waals surface area contributed by atoms with Crippen LogP contribution in [0.3, 0.4) is 0 Å². The summed E-state index contributed by atoms with van der Waals surface area (Å²) in [5.74, 6) is 0.00218. The molecule has 0 aliphatic carbocycles. The molecule has 1 aliphatic heterocycles. The zero-order valence-electron chi connectivity index (χ0n) is 24.4. The SMILES string of the molecule is CCOC(=O)C1=C(C)NC(=O)N[C@H]1c1ccc(OCC(=O)N/N=C/c2ccccc2OCc2ccccc2C#N)c(OC)c1. The van der Waals surface area contributed by atoms with Gasteiger partial charge in [0.05, 0.1) is 43.2 Å². The van der Waals surface area contributed by atoms with Crippen molar-refractivity contribution in [2.24, 2.45) is 5.10 Å². The molecule has 1 aliphatic rings. The number of amides is 3. The zero-order chi connectivity index (χ0) is 31.5. The Bertz CT molecular complexity index is 1640. The fourth-order valence-electron chi connectivity index (χ4n) is 4.39. The second kappa shape index (κ2) is 14.9. The largest absolute Gasteiger partial charge is 0.493 e. The van der Waals surface area contributed by atoms with E-state index in [4.69, 9.17) is 18.9 Å². The van der Waals surface area contributed by atoms with Gasteiger partial charge in [0, 0.05) is 16.8 Å². The lowest BCUT2D eigenvalue weighted by molar-refractivity contribution is -0.139. The molecule has 1 atom stereocenters. The smallest absolute Gasteiger partial charge is 0.338 e. The molecule has 0 unspecified atom stereocenters. The van der Waals surface area contributed by atoms with Gasteiger partial charge in [0.25, 0.3) is 5.91 Å². The van der Waals surface area contributed by atoms with E-state index in [1.807, 2.05) is 18.2 Å². The van der Waals surface area contributed by atoms with E-state index < -0.39 is 23.9 Å². The number of esters is 1. The van der Waals surface area contributed by atoms with Gasteiger partial charge in [-0.05, 0) is 49.7 Å². The van der Waals surface area contributed by atoms with E-state index in [1.54, 1.807) is 62.4 Å². The fourth-order valence-corrected chi connectivity index (χ4v) is 4.39. The van der Waals surface area contributed by atoms with Crippen molar-refractivity contribution in [3.63, 3.8) is 0 Å². The van der Waals surface area contributed by atoms with Crippen molar-refractivity contribution in [3.8, 4) is 23.3 Å². The van der Waals surface area contributed by atoms with Crippen molar-refractivity contribution in [1.82, 2.24) is 16.1 Å². The molecule has 44 heavy (non-hydrogen) atoms. The molecule has 0 saturated heterocycles. The summed E-state index contributed by atoms with van der Waals surface area (Å²) < 4.78 is 22.2. The maximum atomic E-state index is 12.6. The minimum absolute atomic E-state index is 0.178. The normalized spacial score (nSPS) is 14.2. The number of nitriles is 1. The van der Waals surface area contributed by atoms with Gasteiger partial charge in [-0.15, -0.1) is 0 Å². The number of carbonyl (C=O) groups is 3. The first-order valence-electron chi connectivity index (χ1n) is 13.6. The van der Waals surface area contributed by atoms with Gasteiger partial charge >= 0.3 is 12.0 Å². The Kier molecular flexibility index (Phi) is 10.5. The van der Waals surface area contributed by atoms with Gasteiger partial charge in [-0.2, -0.15) is 10.4 Å². The summed E-state index contributed by atoms with van der Waals surface area (Å²) in [6.45, 7) is 3.32. The van der Waals surface area contributed by atoms with Crippen LogP contribution >= 0.6 is 0 Å². The number of nitrogens with zero attached hydrogens (tertiary/aromatic N) is 2. The van der Waals surface area contributed by atoms with Gasteiger partial charge in [0.2, 0.25) is 0 Å². The molecule has 226 valence electrons. The maximum absolute atomic E-state index is 12.6. The number of nitrogens with one attached hydrogen (secondary N) is 3. The van der Waals surface area contributed by atoms with Crippen LogP contribution in [0.2, 0.25) is 0 Å². The number of hydrogen-bond acceptors (Lipinski definition) is 9. The Morgan fingerprint density at radius 2 is 1.82 bits per heavy atom. The minimum atomic E-state index is -0.781. The third-order valence-electron chi connectivity index (χ3n) is 6.48. The number of urea groups is 1. The van der Waals surface area contributed by atoms with Gasteiger partial charge in [0.15, 0.2) is 18.1 Å². The molecule has 0 saturated carbocycles. The summed E-state index contributed by atoms with van der Waals surface area (Å²) in [4.78, 5) is 37.2. The van der Waals surface area contributed by atoms with Crippen molar-refractivity contribution in [1.29, 1.82) is 5.26 Å². The van der Waals surface area contributed by atoms with Gasteiger partial charge in [-0.25, -0.2) is 15.0 Å². The van der Waals surface area contributed by atoms with E-state index in [0.717, 1.165) is 5.56 Å². The molecule has 3 aromatic carbocycles. The monoisotopic (exact) mass is 597 g/mol. The average Bonchev–Trinajstić information content (AvgIpc) is 3.03. The highest BCUT2D eigenvalue weighted by Gasteiger charge is 2.32. The highest BCUT2D eigenvalue weighted by atomic mass is 16.5. The topological polar surface area (TPSA) is 160 Å². The number of hydrogen-bond donors (Lipinski definition) is 3. The van der Waals surface area contributed by atoms with Crippen molar-refractivity contribution < 1.29 is 33.3 Å². The molecular weight excluding hydrogens is 566 g/mol. The number of ether oxygens (including phenoxy) is 4. The Balaban J connectivity index is 1.38. The van der Waals surface area contributed by atoms with Gasteiger partial charge in [0.1, 0.15) is 12.4 Å². The van der Waals surface area contributed by atoms with Crippen LogP contribution in [-0.2, 0) is 20.9 Å². The summed E-state index contributed by atoms with van der Waals surface area (Å²) >= 11 is 0. The second-order valence-electron chi connectivity index (χ2n) is 9.38. The highest BCUT2D eigenvalue weighted by molar-refractivity contribution is 5.95. The number of allylic oxidation sites excluding steroid dienone is 1. The molecule has 12 nitrogen and oxygen atoms in total. The number of carbonyl (C=O) groups excluding carboxylic acids is 3. The van der Waals surface area contributed by atoms with Gasteiger partial charge < -0.3 is 29.6 Å². The molecule has 3 N–H and O–H groups in total. The molecule has 3 aromatic rings. The Morgan fingerprint density at radius 3 is 2.59 bits per heavy atom. The molecule has 0 fully saturated rings. The highest BCUT2D eigenvalue weighted by Crippen LogP contribution is 2.34.